The van der Waals surface area contributed by atoms with Crippen molar-refractivity contribution in [3.8, 4) is 0 Å². The van der Waals surface area contributed by atoms with E-state index in [0.717, 1.165) is 65.4 Å². The minimum absolute atomic E-state index is 0. The molecule has 2 fully saturated rings. The monoisotopic (exact) mass is 426 g/mol. The number of methoxy groups -OCH3 is 1. The molecule has 0 spiro atoms. The number of nitrogens with two attached hydrogens (primary N) is 1. The second-order valence-electron chi connectivity index (χ2n) is 6.18. The Morgan fingerprint density at radius 1 is 1.36 bits per heavy atom. The number of hydrogen-bond donors (Lipinski definition) is 2. The Morgan fingerprint density at radius 3 is 2.73 bits per heavy atom. The Hall–Kier alpha value is -0.120. The van der Waals surface area contributed by atoms with Gasteiger partial charge >= 0.3 is 0 Å². The summed E-state index contributed by atoms with van der Waals surface area (Å²) in [4.78, 5) is 6.92. The molecule has 22 heavy (non-hydrogen) atoms. The van der Waals surface area contributed by atoms with Gasteiger partial charge in [0.25, 0.3) is 0 Å². The van der Waals surface area contributed by atoms with Crippen LogP contribution >= 0.6 is 24.0 Å². The lowest BCUT2D eigenvalue weighted by Crippen LogP contribution is -2.39. The summed E-state index contributed by atoms with van der Waals surface area (Å²) in [5.74, 6) is 0.584. The van der Waals surface area contributed by atoms with Crippen molar-refractivity contribution < 1.29 is 9.47 Å². The first-order valence-corrected chi connectivity index (χ1v) is 8.07. The highest BCUT2D eigenvalue weighted by Gasteiger charge is 2.41. The largest absolute Gasteiger partial charge is 0.385 e. The molecule has 130 valence electrons. The second kappa shape index (κ2) is 10.6. The van der Waals surface area contributed by atoms with Crippen LogP contribution in [0.3, 0.4) is 0 Å². The normalized spacial score (nSPS) is 21.2. The number of halogens is 1. The average Bonchev–Trinajstić information content (AvgIpc) is 3.29. The van der Waals surface area contributed by atoms with E-state index in [1.807, 2.05) is 0 Å². The van der Waals surface area contributed by atoms with Gasteiger partial charge in [0.05, 0.1) is 13.2 Å². The predicted octanol–water partition coefficient (Wildman–Crippen LogP) is 1.05. The van der Waals surface area contributed by atoms with E-state index >= 15 is 0 Å². The molecule has 0 aromatic rings. The van der Waals surface area contributed by atoms with Crippen LogP contribution in [0.15, 0.2) is 4.99 Å². The number of nitrogens with one attached hydrogen (secondary N) is 1. The number of aliphatic imine (C=N–C) groups is 1. The Labute approximate surface area is 151 Å². The van der Waals surface area contributed by atoms with Crippen LogP contribution in [0.25, 0.3) is 0 Å². The first-order valence-electron chi connectivity index (χ1n) is 8.07. The fraction of sp³-hybridized carbons (Fsp3) is 0.933. The minimum Gasteiger partial charge on any atom is -0.385 e. The Bertz CT molecular complexity index is 332. The number of nitrogens with zero attached hydrogens (tertiary/aromatic N) is 2. The highest BCUT2D eigenvalue weighted by molar-refractivity contribution is 14.0. The van der Waals surface area contributed by atoms with Crippen LogP contribution in [0, 0.1) is 5.41 Å². The van der Waals surface area contributed by atoms with Crippen LogP contribution < -0.4 is 11.1 Å². The van der Waals surface area contributed by atoms with Gasteiger partial charge in [-0.15, -0.1) is 24.0 Å². The topological polar surface area (TPSA) is 72.1 Å². The summed E-state index contributed by atoms with van der Waals surface area (Å²) >= 11 is 0. The Kier molecular flexibility index (Phi) is 9.62. The molecule has 2 aliphatic rings. The van der Waals surface area contributed by atoms with Crippen molar-refractivity contribution in [3.63, 3.8) is 0 Å². The smallest absolute Gasteiger partial charge is 0.188 e. The van der Waals surface area contributed by atoms with Gasteiger partial charge in [0.15, 0.2) is 5.96 Å². The molecule has 0 bridgehead atoms. The van der Waals surface area contributed by atoms with E-state index in [2.05, 4.69) is 15.2 Å². The fourth-order valence-corrected chi connectivity index (χ4v) is 2.64. The quantitative estimate of drug-likeness (QED) is 0.250. The summed E-state index contributed by atoms with van der Waals surface area (Å²) < 4.78 is 10.5. The van der Waals surface area contributed by atoms with Crippen molar-refractivity contribution in [2.45, 2.75) is 25.7 Å². The van der Waals surface area contributed by atoms with Crippen LogP contribution in [0.5, 0.6) is 0 Å². The standard InChI is InChI=1S/C15H30N4O2.HI/c1-20-10-5-15(3-4-15)13-18-14(16)17-6-2-7-19-8-11-21-12-9-19;/h2-13H2,1H3,(H3,16,17,18);1H. The molecule has 1 aliphatic heterocycles. The zero-order chi connectivity index (χ0) is 15.0. The van der Waals surface area contributed by atoms with Crippen molar-refractivity contribution in [3.05, 3.63) is 0 Å². The van der Waals surface area contributed by atoms with E-state index in [1.165, 1.54) is 12.8 Å². The van der Waals surface area contributed by atoms with Crippen LogP contribution in [-0.2, 0) is 9.47 Å². The average molecular weight is 426 g/mol. The van der Waals surface area contributed by atoms with Crippen molar-refractivity contribution in [2.24, 2.45) is 16.1 Å². The lowest BCUT2D eigenvalue weighted by atomic mass is 10.0. The van der Waals surface area contributed by atoms with Crippen molar-refractivity contribution in [1.82, 2.24) is 10.2 Å². The van der Waals surface area contributed by atoms with Gasteiger partial charge in [-0.2, -0.15) is 0 Å². The molecule has 0 amide bonds. The number of guanidine groups is 1. The molecular formula is C15H31IN4O2. The van der Waals surface area contributed by atoms with Gasteiger partial charge in [-0.3, -0.25) is 9.89 Å². The maximum Gasteiger partial charge on any atom is 0.188 e. The van der Waals surface area contributed by atoms with Gasteiger partial charge < -0.3 is 20.5 Å². The maximum atomic E-state index is 5.93. The van der Waals surface area contributed by atoms with Gasteiger partial charge in [0.1, 0.15) is 0 Å². The zero-order valence-corrected chi connectivity index (χ0v) is 16.0. The molecular weight excluding hydrogens is 395 g/mol. The lowest BCUT2D eigenvalue weighted by molar-refractivity contribution is 0.0376. The first kappa shape index (κ1) is 19.9. The third kappa shape index (κ3) is 7.43. The number of morpholine rings is 1. The predicted molar refractivity (Wildman–Crippen MR) is 99.9 cm³/mol. The molecule has 2 rings (SSSR count). The second-order valence-corrected chi connectivity index (χ2v) is 6.18. The summed E-state index contributed by atoms with van der Waals surface area (Å²) in [6, 6.07) is 0. The summed E-state index contributed by atoms with van der Waals surface area (Å²) in [6.45, 7) is 7.46. The molecule has 1 saturated heterocycles. The minimum atomic E-state index is 0. The zero-order valence-electron chi connectivity index (χ0n) is 13.7. The molecule has 1 saturated carbocycles. The van der Waals surface area contributed by atoms with Gasteiger partial charge in [-0.25, -0.2) is 0 Å². The fourth-order valence-electron chi connectivity index (χ4n) is 2.64. The molecule has 0 atom stereocenters. The van der Waals surface area contributed by atoms with E-state index in [4.69, 9.17) is 15.2 Å². The molecule has 3 N–H and O–H groups in total. The molecule has 0 aromatic heterocycles. The molecule has 0 radical (unpaired) electrons. The molecule has 7 heteroatoms. The van der Waals surface area contributed by atoms with E-state index in [9.17, 15) is 0 Å². The van der Waals surface area contributed by atoms with Gasteiger partial charge in [-0.05, 0) is 37.6 Å². The summed E-state index contributed by atoms with van der Waals surface area (Å²) in [7, 11) is 1.75. The van der Waals surface area contributed by atoms with Crippen LogP contribution in [0.2, 0.25) is 0 Å². The van der Waals surface area contributed by atoms with E-state index in [0.29, 0.717) is 11.4 Å². The molecule has 0 unspecified atom stereocenters. The van der Waals surface area contributed by atoms with Crippen LogP contribution in [0.4, 0.5) is 0 Å². The third-order valence-electron chi connectivity index (χ3n) is 4.44. The number of hydrogen-bond acceptors (Lipinski definition) is 4. The van der Waals surface area contributed by atoms with Crippen molar-refractivity contribution in [2.75, 3.05) is 59.7 Å². The van der Waals surface area contributed by atoms with Crippen molar-refractivity contribution in [1.29, 1.82) is 0 Å². The molecule has 1 aliphatic carbocycles. The maximum absolute atomic E-state index is 5.93. The molecule has 0 aromatic carbocycles. The molecule has 1 heterocycles. The molecule has 6 nitrogen and oxygen atoms in total. The Balaban J connectivity index is 0.00000242. The van der Waals surface area contributed by atoms with Gasteiger partial charge in [0.2, 0.25) is 0 Å². The lowest BCUT2D eigenvalue weighted by Gasteiger charge is -2.26. The van der Waals surface area contributed by atoms with E-state index in [-0.39, 0.29) is 24.0 Å². The van der Waals surface area contributed by atoms with Crippen molar-refractivity contribution >= 4 is 29.9 Å². The third-order valence-corrected chi connectivity index (χ3v) is 4.44. The SMILES string of the molecule is COCCC1(CN=C(N)NCCCN2CCOCC2)CC1.I. The van der Waals surface area contributed by atoms with Gasteiger partial charge in [-0.1, -0.05) is 0 Å². The highest BCUT2D eigenvalue weighted by atomic mass is 127. The summed E-state index contributed by atoms with van der Waals surface area (Å²) in [5.41, 5.74) is 6.30. The first-order chi connectivity index (χ1) is 10.2. The number of rotatable bonds is 9. The number of ether oxygens (including phenoxy) is 2. The summed E-state index contributed by atoms with van der Waals surface area (Å²) in [5, 5.41) is 3.22. The summed E-state index contributed by atoms with van der Waals surface area (Å²) in [6.07, 6.45) is 4.69. The Morgan fingerprint density at radius 2 is 2.09 bits per heavy atom. The van der Waals surface area contributed by atoms with E-state index < -0.39 is 0 Å². The van der Waals surface area contributed by atoms with E-state index in [1.54, 1.807) is 7.11 Å². The van der Waals surface area contributed by atoms with Crippen LogP contribution in [-0.4, -0.2) is 70.5 Å². The van der Waals surface area contributed by atoms with Crippen LogP contribution in [0.1, 0.15) is 25.7 Å². The highest BCUT2D eigenvalue weighted by Crippen LogP contribution is 2.48. The van der Waals surface area contributed by atoms with Gasteiger partial charge in [0, 0.05) is 39.9 Å².